The highest BCUT2D eigenvalue weighted by atomic mass is 32.2. The van der Waals surface area contributed by atoms with E-state index in [1.165, 1.54) is 0 Å². The second-order valence-electron chi connectivity index (χ2n) is 9.21. The molecule has 1 heterocycles. The van der Waals surface area contributed by atoms with Crippen molar-refractivity contribution in [2.24, 2.45) is 5.92 Å². The average Bonchev–Trinajstić information content (AvgIpc) is 3.35. The molecule has 0 aromatic heterocycles. The van der Waals surface area contributed by atoms with Gasteiger partial charge in [0.2, 0.25) is 0 Å². The Balaban J connectivity index is 1.50. The zero-order chi connectivity index (χ0) is 24.7. The number of hydrogen-bond acceptors (Lipinski definition) is 5. The zero-order valence-corrected chi connectivity index (χ0v) is 21.1. The Morgan fingerprint density at radius 3 is 2.51 bits per heavy atom. The quantitative estimate of drug-likeness (QED) is 0.418. The molecule has 3 aromatic rings. The zero-order valence-electron chi connectivity index (χ0n) is 20.3. The van der Waals surface area contributed by atoms with Gasteiger partial charge in [0.05, 0.1) is 25.2 Å². The van der Waals surface area contributed by atoms with Crippen LogP contribution in [0.1, 0.15) is 40.6 Å². The molecule has 1 aliphatic carbocycles. The molecule has 3 aromatic carbocycles. The van der Waals surface area contributed by atoms with Gasteiger partial charge in [-0.1, -0.05) is 30.4 Å². The van der Waals surface area contributed by atoms with Crippen molar-refractivity contribution in [2.45, 2.75) is 37.1 Å². The summed E-state index contributed by atoms with van der Waals surface area (Å²) >= 11 is 0. The van der Waals surface area contributed by atoms with Gasteiger partial charge in [-0.15, -0.1) is 0 Å². The minimum absolute atomic E-state index is 0.00339. The Kier molecular flexibility index (Phi) is 5.97. The van der Waals surface area contributed by atoms with E-state index in [4.69, 9.17) is 9.47 Å². The van der Waals surface area contributed by atoms with Gasteiger partial charge in [-0.25, -0.2) is 8.42 Å². The van der Waals surface area contributed by atoms with Gasteiger partial charge in [0.15, 0.2) is 11.5 Å². The Hall–Kier alpha value is -3.45. The second-order valence-corrected chi connectivity index (χ2v) is 10.9. The monoisotopic (exact) mass is 490 g/mol. The molecule has 1 aliphatic heterocycles. The Labute approximate surface area is 207 Å². The van der Waals surface area contributed by atoms with Crippen molar-refractivity contribution in [3.8, 4) is 11.5 Å². The standard InChI is InChI=1S/C28H30N2O4S/c1-17-11-12-19(15-18(17)2)30-35(31,32)20-13-14-25-24(16-20)21-7-5-8-22(21)27(29-25)23-9-6-10-26(33-3)28(23)34-4/h5-7,9-16,21-22,27,29-30H,8H2,1-4H3/t21-,22-,27-/m1/s1. The SMILES string of the molecule is COc1cccc([C@@H]2Nc3ccc(S(=O)(=O)Nc4ccc(C)c(C)c4)cc3[C@@H]3C=CC[C@H]32)c1OC. The number of aryl methyl sites for hydroxylation is 2. The van der Waals surface area contributed by atoms with E-state index in [1.807, 2.05) is 44.2 Å². The molecule has 0 saturated heterocycles. The van der Waals surface area contributed by atoms with E-state index in [0.29, 0.717) is 11.4 Å². The predicted octanol–water partition coefficient (Wildman–Crippen LogP) is 5.95. The van der Waals surface area contributed by atoms with Crippen LogP contribution in [0.3, 0.4) is 0 Å². The molecule has 5 rings (SSSR count). The Morgan fingerprint density at radius 2 is 1.77 bits per heavy atom. The maximum Gasteiger partial charge on any atom is 0.261 e. The first-order valence-corrected chi connectivity index (χ1v) is 13.2. The molecule has 0 bridgehead atoms. The molecule has 2 aliphatic rings. The predicted molar refractivity (Wildman–Crippen MR) is 139 cm³/mol. The van der Waals surface area contributed by atoms with Crippen molar-refractivity contribution in [3.05, 3.63) is 89.0 Å². The molecule has 0 spiro atoms. The minimum atomic E-state index is -3.73. The highest BCUT2D eigenvalue weighted by Crippen LogP contribution is 2.52. The van der Waals surface area contributed by atoms with Gasteiger partial charge in [-0.3, -0.25) is 4.72 Å². The van der Waals surface area contributed by atoms with Gasteiger partial charge < -0.3 is 14.8 Å². The maximum atomic E-state index is 13.2. The van der Waals surface area contributed by atoms with Gasteiger partial charge in [0, 0.05) is 22.9 Å². The van der Waals surface area contributed by atoms with Gasteiger partial charge in [0.1, 0.15) is 0 Å². The summed E-state index contributed by atoms with van der Waals surface area (Å²) in [7, 11) is -0.436. The number of sulfonamides is 1. The summed E-state index contributed by atoms with van der Waals surface area (Å²) in [6, 6.07) is 16.8. The summed E-state index contributed by atoms with van der Waals surface area (Å²) in [5, 5.41) is 3.66. The number of hydrogen-bond donors (Lipinski definition) is 2. The normalized spacial score (nSPS) is 20.5. The maximum absolute atomic E-state index is 13.2. The summed E-state index contributed by atoms with van der Waals surface area (Å²) < 4.78 is 40.4. The molecule has 182 valence electrons. The molecule has 0 unspecified atom stereocenters. The third kappa shape index (κ3) is 4.14. The summed E-state index contributed by atoms with van der Waals surface area (Å²) in [6.07, 6.45) is 5.26. The highest BCUT2D eigenvalue weighted by Gasteiger charge is 2.40. The highest BCUT2D eigenvalue weighted by molar-refractivity contribution is 7.92. The molecule has 0 radical (unpaired) electrons. The fraction of sp³-hybridized carbons (Fsp3) is 0.286. The first-order chi connectivity index (χ1) is 16.8. The molecule has 6 nitrogen and oxygen atoms in total. The number of benzene rings is 3. The molecule has 2 N–H and O–H groups in total. The Morgan fingerprint density at radius 1 is 0.943 bits per heavy atom. The van der Waals surface area contributed by atoms with E-state index >= 15 is 0 Å². The van der Waals surface area contributed by atoms with Crippen molar-refractivity contribution < 1.29 is 17.9 Å². The van der Waals surface area contributed by atoms with Gasteiger partial charge >= 0.3 is 0 Å². The van der Waals surface area contributed by atoms with Crippen LogP contribution in [0.15, 0.2) is 71.6 Å². The summed E-state index contributed by atoms with van der Waals surface area (Å²) in [5.41, 5.74) is 5.67. The lowest BCUT2D eigenvalue weighted by Crippen LogP contribution is -2.29. The van der Waals surface area contributed by atoms with Crippen molar-refractivity contribution in [2.75, 3.05) is 24.3 Å². The van der Waals surface area contributed by atoms with Crippen molar-refractivity contribution in [1.82, 2.24) is 0 Å². The van der Waals surface area contributed by atoms with Crippen molar-refractivity contribution in [3.63, 3.8) is 0 Å². The number of methoxy groups -OCH3 is 2. The van der Waals surface area contributed by atoms with E-state index in [9.17, 15) is 8.42 Å². The van der Waals surface area contributed by atoms with Crippen LogP contribution in [0.5, 0.6) is 11.5 Å². The van der Waals surface area contributed by atoms with Crippen LogP contribution in [0.2, 0.25) is 0 Å². The number of para-hydroxylation sites is 1. The van der Waals surface area contributed by atoms with E-state index < -0.39 is 10.0 Å². The van der Waals surface area contributed by atoms with Crippen molar-refractivity contribution >= 4 is 21.4 Å². The molecule has 7 heteroatoms. The van der Waals surface area contributed by atoms with Gasteiger partial charge in [0.25, 0.3) is 10.0 Å². The van der Waals surface area contributed by atoms with Crippen molar-refractivity contribution in [1.29, 1.82) is 0 Å². The molecular formula is C28H30N2O4S. The number of ether oxygens (including phenoxy) is 2. The van der Waals surface area contributed by atoms with E-state index in [2.05, 4.69) is 28.3 Å². The van der Waals surface area contributed by atoms with Crippen LogP contribution in [0, 0.1) is 19.8 Å². The van der Waals surface area contributed by atoms with Gasteiger partial charge in [-0.2, -0.15) is 0 Å². The minimum Gasteiger partial charge on any atom is -0.493 e. The largest absolute Gasteiger partial charge is 0.493 e. The van der Waals surface area contributed by atoms with Crippen LogP contribution in [-0.2, 0) is 10.0 Å². The molecule has 35 heavy (non-hydrogen) atoms. The molecule has 3 atom stereocenters. The summed E-state index contributed by atoms with van der Waals surface area (Å²) in [6.45, 7) is 3.97. The van der Waals surface area contributed by atoms with Crippen LogP contribution >= 0.6 is 0 Å². The lowest BCUT2D eigenvalue weighted by Gasteiger charge is -2.38. The lowest BCUT2D eigenvalue weighted by molar-refractivity contribution is 0.341. The molecular weight excluding hydrogens is 460 g/mol. The number of allylic oxidation sites excluding steroid dienone is 2. The van der Waals surface area contributed by atoms with Crippen LogP contribution in [-0.4, -0.2) is 22.6 Å². The summed E-state index contributed by atoms with van der Waals surface area (Å²) in [4.78, 5) is 0.257. The third-order valence-corrected chi connectivity index (χ3v) is 8.55. The fourth-order valence-corrected chi connectivity index (χ4v) is 6.31. The first-order valence-electron chi connectivity index (χ1n) is 11.7. The smallest absolute Gasteiger partial charge is 0.261 e. The number of rotatable bonds is 6. The number of nitrogens with one attached hydrogen (secondary N) is 2. The first kappa shape index (κ1) is 23.3. The Bertz CT molecular complexity index is 1410. The van der Waals surface area contributed by atoms with Crippen LogP contribution in [0.25, 0.3) is 0 Å². The fourth-order valence-electron chi connectivity index (χ4n) is 5.22. The van der Waals surface area contributed by atoms with Crippen LogP contribution in [0.4, 0.5) is 11.4 Å². The average molecular weight is 491 g/mol. The second kappa shape index (κ2) is 8.96. The van der Waals surface area contributed by atoms with Gasteiger partial charge in [-0.05, 0) is 79.3 Å². The summed E-state index contributed by atoms with van der Waals surface area (Å²) in [5.74, 6) is 1.75. The molecule has 0 saturated carbocycles. The van der Waals surface area contributed by atoms with E-state index in [-0.39, 0.29) is 22.8 Å². The van der Waals surface area contributed by atoms with E-state index in [1.54, 1.807) is 32.4 Å². The van der Waals surface area contributed by atoms with Crippen LogP contribution < -0.4 is 19.5 Å². The third-order valence-electron chi connectivity index (χ3n) is 7.17. The number of fused-ring (bicyclic) bond motifs is 3. The topological polar surface area (TPSA) is 76.7 Å². The van der Waals surface area contributed by atoms with E-state index in [0.717, 1.165) is 40.1 Å². The molecule has 0 amide bonds. The lowest BCUT2D eigenvalue weighted by atomic mass is 9.77. The molecule has 0 fully saturated rings. The number of anilines is 2.